The van der Waals surface area contributed by atoms with E-state index in [-0.39, 0.29) is 40.5 Å². The lowest BCUT2D eigenvalue weighted by Crippen LogP contribution is -2.53. The number of carbonyl (C=O) groups is 2. The molecule has 1 N–H and O–H groups in total. The molecule has 0 saturated carbocycles. The molecule has 0 aliphatic rings. The van der Waals surface area contributed by atoms with E-state index in [1.54, 1.807) is 0 Å². The second-order valence-electron chi connectivity index (χ2n) is 9.72. The minimum Gasteiger partial charge on any atom is -0.354 e. The van der Waals surface area contributed by atoms with Gasteiger partial charge < -0.3 is 10.2 Å². The first-order chi connectivity index (χ1) is 18.5. The monoisotopic (exact) mass is 589 g/mol. The molecule has 0 unspecified atom stereocenters. The van der Waals surface area contributed by atoms with Crippen molar-refractivity contribution in [2.75, 3.05) is 23.7 Å². The van der Waals surface area contributed by atoms with E-state index >= 15 is 0 Å². The van der Waals surface area contributed by atoms with Crippen LogP contribution in [0.3, 0.4) is 0 Å². The minimum absolute atomic E-state index is 0.0866. The van der Waals surface area contributed by atoms with Crippen LogP contribution in [-0.2, 0) is 32.6 Å². The Bertz CT molecular complexity index is 1370. The van der Waals surface area contributed by atoms with Gasteiger partial charge in [0.15, 0.2) is 0 Å². The lowest BCUT2D eigenvalue weighted by Gasteiger charge is -2.33. The Kier molecular flexibility index (Phi) is 10.8. The maximum atomic E-state index is 14.0. The molecule has 0 heterocycles. The highest BCUT2D eigenvalue weighted by Gasteiger charge is 2.33. The summed E-state index contributed by atoms with van der Waals surface area (Å²) in [5, 5.41) is 3.35. The van der Waals surface area contributed by atoms with E-state index in [1.165, 1.54) is 23.1 Å². The van der Waals surface area contributed by atoms with E-state index in [0.29, 0.717) is 6.54 Å². The zero-order valence-electron chi connectivity index (χ0n) is 22.2. The number of amides is 2. The number of anilines is 1. The number of halogens is 2. The van der Waals surface area contributed by atoms with Crippen LogP contribution in [0, 0.1) is 5.92 Å². The van der Waals surface area contributed by atoms with E-state index in [1.807, 2.05) is 74.5 Å². The molecule has 2 amide bonds. The van der Waals surface area contributed by atoms with Gasteiger partial charge in [-0.15, -0.1) is 0 Å². The number of hydrogen-bond donors (Lipinski definition) is 1. The molecular weight excluding hydrogens is 557 g/mol. The Labute approximate surface area is 240 Å². The SMILES string of the molecule is CC(C)CNC(=O)[C@H](Cc1ccccc1)N(Cc1ccccc1)C(=O)CN(c1cc(Cl)ccc1Cl)S(C)(=O)=O. The third-order valence-corrected chi connectivity index (χ3v) is 7.69. The summed E-state index contributed by atoms with van der Waals surface area (Å²) in [6.07, 6.45) is 1.25. The lowest BCUT2D eigenvalue weighted by atomic mass is 10.0. The standard InChI is InChI=1S/C29H33Cl2N3O4S/c1-21(2)18-32-29(36)27(16-22-10-6-4-7-11-22)33(19-23-12-8-5-9-13-23)28(35)20-34(39(3,37)38)26-17-24(30)14-15-25(26)31/h4-15,17,21,27H,16,18-20H2,1-3H3,(H,32,36)/t27-/m0/s1. The topological polar surface area (TPSA) is 86.8 Å². The molecule has 0 fully saturated rings. The van der Waals surface area contributed by atoms with Crippen molar-refractivity contribution in [3.63, 3.8) is 0 Å². The smallest absolute Gasteiger partial charge is 0.244 e. The van der Waals surface area contributed by atoms with E-state index in [2.05, 4.69) is 5.32 Å². The van der Waals surface area contributed by atoms with E-state index in [4.69, 9.17) is 23.2 Å². The van der Waals surface area contributed by atoms with Gasteiger partial charge in [-0.05, 0) is 35.2 Å². The van der Waals surface area contributed by atoms with Crippen molar-refractivity contribution >= 4 is 50.7 Å². The predicted molar refractivity (Wildman–Crippen MR) is 157 cm³/mol. The molecule has 0 aliphatic heterocycles. The highest BCUT2D eigenvalue weighted by molar-refractivity contribution is 7.92. The highest BCUT2D eigenvalue weighted by atomic mass is 35.5. The normalized spacial score (nSPS) is 12.2. The number of sulfonamides is 1. The van der Waals surface area contributed by atoms with Crippen LogP contribution in [0.2, 0.25) is 10.0 Å². The molecule has 0 radical (unpaired) electrons. The van der Waals surface area contributed by atoms with Gasteiger partial charge in [0.1, 0.15) is 12.6 Å². The van der Waals surface area contributed by atoms with Crippen LogP contribution >= 0.6 is 23.2 Å². The van der Waals surface area contributed by atoms with Gasteiger partial charge in [0, 0.05) is 24.5 Å². The first-order valence-electron chi connectivity index (χ1n) is 12.5. The molecule has 39 heavy (non-hydrogen) atoms. The Morgan fingerprint density at radius 3 is 2.05 bits per heavy atom. The zero-order valence-corrected chi connectivity index (χ0v) is 24.5. The highest BCUT2D eigenvalue weighted by Crippen LogP contribution is 2.31. The summed E-state index contributed by atoms with van der Waals surface area (Å²) >= 11 is 12.5. The summed E-state index contributed by atoms with van der Waals surface area (Å²) in [6, 6.07) is 22.2. The molecule has 208 valence electrons. The Morgan fingerprint density at radius 2 is 1.49 bits per heavy atom. The summed E-state index contributed by atoms with van der Waals surface area (Å²) in [6.45, 7) is 3.95. The first kappa shape index (κ1) is 30.5. The molecule has 7 nitrogen and oxygen atoms in total. The van der Waals surface area contributed by atoms with E-state index < -0.39 is 28.5 Å². The Morgan fingerprint density at radius 1 is 0.897 bits per heavy atom. The van der Waals surface area contributed by atoms with Gasteiger partial charge in [0.25, 0.3) is 0 Å². The van der Waals surface area contributed by atoms with E-state index in [9.17, 15) is 18.0 Å². The van der Waals surface area contributed by atoms with Crippen LogP contribution in [0.25, 0.3) is 0 Å². The number of hydrogen-bond acceptors (Lipinski definition) is 4. The van der Waals surface area contributed by atoms with Gasteiger partial charge in [-0.1, -0.05) is 97.7 Å². The maximum absolute atomic E-state index is 14.0. The number of nitrogens with zero attached hydrogens (tertiary/aromatic N) is 2. The lowest BCUT2D eigenvalue weighted by molar-refractivity contribution is -0.140. The Balaban J connectivity index is 2.05. The summed E-state index contributed by atoms with van der Waals surface area (Å²) in [7, 11) is -3.94. The van der Waals surface area contributed by atoms with Gasteiger partial charge in [-0.25, -0.2) is 8.42 Å². The largest absolute Gasteiger partial charge is 0.354 e. The average Bonchev–Trinajstić information content (AvgIpc) is 2.89. The van der Waals surface area contributed by atoms with Crippen molar-refractivity contribution < 1.29 is 18.0 Å². The summed E-state index contributed by atoms with van der Waals surface area (Å²) < 4.78 is 26.6. The summed E-state index contributed by atoms with van der Waals surface area (Å²) in [5.74, 6) is -0.667. The van der Waals surface area contributed by atoms with Crippen LogP contribution < -0.4 is 9.62 Å². The molecule has 1 atom stereocenters. The van der Waals surface area contributed by atoms with Gasteiger partial charge in [0.2, 0.25) is 21.8 Å². The van der Waals surface area contributed by atoms with Gasteiger partial charge >= 0.3 is 0 Å². The van der Waals surface area contributed by atoms with Crippen LogP contribution in [0.1, 0.15) is 25.0 Å². The summed E-state index contributed by atoms with van der Waals surface area (Å²) in [4.78, 5) is 29.0. The number of nitrogens with one attached hydrogen (secondary N) is 1. The third-order valence-electron chi connectivity index (χ3n) is 6.01. The zero-order chi connectivity index (χ0) is 28.6. The quantitative estimate of drug-likeness (QED) is 0.315. The fraction of sp³-hybridized carbons (Fsp3) is 0.310. The van der Waals surface area contributed by atoms with Crippen molar-refractivity contribution in [3.8, 4) is 0 Å². The third kappa shape index (κ3) is 8.98. The second-order valence-corrected chi connectivity index (χ2v) is 12.5. The summed E-state index contributed by atoms with van der Waals surface area (Å²) in [5.41, 5.74) is 1.75. The van der Waals surface area contributed by atoms with Crippen LogP contribution in [0.4, 0.5) is 5.69 Å². The first-order valence-corrected chi connectivity index (χ1v) is 15.1. The molecule has 3 aromatic rings. The molecule has 0 saturated heterocycles. The molecule has 3 aromatic carbocycles. The number of carbonyl (C=O) groups excluding carboxylic acids is 2. The fourth-order valence-corrected chi connectivity index (χ4v) is 5.32. The molecule has 0 spiro atoms. The van der Waals surface area contributed by atoms with Crippen molar-refractivity contribution in [1.29, 1.82) is 0 Å². The number of benzene rings is 3. The van der Waals surface area contributed by atoms with Crippen LogP contribution in [0.15, 0.2) is 78.9 Å². The van der Waals surface area contributed by atoms with Crippen molar-refractivity contribution in [2.24, 2.45) is 5.92 Å². The predicted octanol–water partition coefficient (Wildman–Crippen LogP) is 5.17. The number of rotatable bonds is 12. The van der Waals surface area contributed by atoms with Crippen LogP contribution in [-0.4, -0.2) is 50.5 Å². The van der Waals surface area contributed by atoms with E-state index in [0.717, 1.165) is 21.7 Å². The van der Waals surface area contributed by atoms with Gasteiger partial charge in [-0.3, -0.25) is 13.9 Å². The van der Waals surface area contributed by atoms with Crippen molar-refractivity contribution in [1.82, 2.24) is 10.2 Å². The van der Waals surface area contributed by atoms with Crippen molar-refractivity contribution in [3.05, 3.63) is 100 Å². The molecule has 0 bridgehead atoms. The minimum atomic E-state index is -3.94. The van der Waals surface area contributed by atoms with Gasteiger partial charge in [0.05, 0.1) is 17.0 Å². The molecule has 10 heteroatoms. The molecule has 0 aliphatic carbocycles. The van der Waals surface area contributed by atoms with Crippen molar-refractivity contribution in [2.45, 2.75) is 32.9 Å². The second kappa shape index (κ2) is 13.8. The maximum Gasteiger partial charge on any atom is 0.244 e. The van der Waals surface area contributed by atoms with Crippen LogP contribution in [0.5, 0.6) is 0 Å². The molecule has 3 rings (SSSR count). The average molecular weight is 591 g/mol. The Hall–Kier alpha value is -3.07. The fourth-order valence-electron chi connectivity index (χ4n) is 4.03. The van der Waals surface area contributed by atoms with Gasteiger partial charge in [-0.2, -0.15) is 0 Å². The molecular formula is C29H33Cl2N3O4S. The molecule has 0 aromatic heterocycles.